The summed E-state index contributed by atoms with van der Waals surface area (Å²) in [5.74, 6) is -0.130. The monoisotopic (exact) mass is 288 g/mol. The molecule has 0 aromatic heterocycles. The molecule has 4 nitrogen and oxygen atoms in total. The zero-order chi connectivity index (χ0) is 15.5. The zero-order valence-electron chi connectivity index (χ0n) is 12.8. The van der Waals surface area contributed by atoms with Crippen molar-refractivity contribution in [3.63, 3.8) is 0 Å². The van der Waals surface area contributed by atoms with Gasteiger partial charge in [-0.3, -0.25) is 9.59 Å². The molecule has 0 unspecified atom stereocenters. The smallest absolute Gasteiger partial charge is 0.246 e. The third kappa shape index (κ3) is 7.30. The summed E-state index contributed by atoms with van der Waals surface area (Å²) < 4.78 is 0. The van der Waals surface area contributed by atoms with Gasteiger partial charge in [0.15, 0.2) is 0 Å². The first kappa shape index (κ1) is 17.0. The Morgan fingerprint density at radius 2 is 1.67 bits per heavy atom. The van der Waals surface area contributed by atoms with Gasteiger partial charge < -0.3 is 10.2 Å². The van der Waals surface area contributed by atoms with Gasteiger partial charge in [0, 0.05) is 31.3 Å². The molecule has 114 valence electrons. The van der Waals surface area contributed by atoms with E-state index in [1.165, 1.54) is 6.08 Å². The fourth-order valence-corrected chi connectivity index (χ4v) is 1.82. The number of hydrogen-bond donors (Lipinski definition) is 1. The van der Waals surface area contributed by atoms with E-state index >= 15 is 0 Å². The Morgan fingerprint density at radius 1 is 1.05 bits per heavy atom. The van der Waals surface area contributed by atoms with E-state index in [4.69, 9.17) is 0 Å². The number of amides is 2. The maximum atomic E-state index is 12.1. The molecule has 0 aromatic rings. The highest BCUT2D eigenvalue weighted by atomic mass is 16.2. The Kier molecular flexibility index (Phi) is 7.87. The van der Waals surface area contributed by atoms with Crippen molar-refractivity contribution in [2.45, 2.75) is 32.7 Å². The second kappa shape index (κ2) is 9.75. The second-order valence-corrected chi connectivity index (χ2v) is 4.82. The average Bonchev–Trinajstić information content (AvgIpc) is 3.28. The predicted molar refractivity (Wildman–Crippen MR) is 85.7 cm³/mol. The topological polar surface area (TPSA) is 49.4 Å². The molecule has 1 aliphatic carbocycles. The molecule has 0 radical (unpaired) electrons. The summed E-state index contributed by atoms with van der Waals surface area (Å²) in [6.07, 6.45) is 16.0. The van der Waals surface area contributed by atoms with Gasteiger partial charge in [0.25, 0.3) is 0 Å². The molecule has 1 aliphatic rings. The van der Waals surface area contributed by atoms with Gasteiger partial charge >= 0.3 is 0 Å². The van der Waals surface area contributed by atoms with Crippen LogP contribution in [0.1, 0.15) is 26.7 Å². The van der Waals surface area contributed by atoms with Crippen LogP contribution in [0.25, 0.3) is 0 Å². The molecule has 1 N–H and O–H groups in total. The SMILES string of the molecule is C/C=C/C=C/C(=O)NCCN(C(=O)/C=C/C=C/C)C1CC1. The molecular weight excluding hydrogens is 264 g/mol. The molecule has 1 fully saturated rings. The van der Waals surface area contributed by atoms with Crippen LogP contribution in [0.4, 0.5) is 0 Å². The summed E-state index contributed by atoms with van der Waals surface area (Å²) in [6.45, 7) is 4.82. The first-order chi connectivity index (χ1) is 10.2. The van der Waals surface area contributed by atoms with E-state index in [9.17, 15) is 9.59 Å². The van der Waals surface area contributed by atoms with E-state index in [1.807, 2.05) is 37.0 Å². The third-order valence-electron chi connectivity index (χ3n) is 3.02. The number of hydrogen-bond acceptors (Lipinski definition) is 2. The molecule has 0 saturated heterocycles. The molecule has 0 aliphatic heterocycles. The average molecular weight is 288 g/mol. The Hall–Kier alpha value is -2.10. The number of rotatable bonds is 8. The Balaban J connectivity index is 2.38. The van der Waals surface area contributed by atoms with Crippen molar-refractivity contribution in [3.05, 3.63) is 48.6 Å². The number of nitrogens with zero attached hydrogens (tertiary/aromatic N) is 1. The molecule has 21 heavy (non-hydrogen) atoms. The maximum absolute atomic E-state index is 12.1. The highest BCUT2D eigenvalue weighted by molar-refractivity contribution is 5.89. The van der Waals surface area contributed by atoms with Crippen molar-refractivity contribution in [3.8, 4) is 0 Å². The second-order valence-electron chi connectivity index (χ2n) is 4.82. The van der Waals surface area contributed by atoms with Gasteiger partial charge in [-0.2, -0.15) is 0 Å². The van der Waals surface area contributed by atoms with Crippen molar-refractivity contribution < 1.29 is 9.59 Å². The van der Waals surface area contributed by atoms with Crippen molar-refractivity contribution in [2.75, 3.05) is 13.1 Å². The molecule has 0 bridgehead atoms. The predicted octanol–water partition coefficient (Wildman–Crippen LogP) is 2.36. The molecular formula is C17H24N2O2. The van der Waals surface area contributed by atoms with Crippen molar-refractivity contribution in [1.82, 2.24) is 10.2 Å². The van der Waals surface area contributed by atoms with Crippen LogP contribution in [-0.4, -0.2) is 35.8 Å². The molecule has 4 heteroatoms. The number of nitrogens with one attached hydrogen (secondary N) is 1. The highest BCUT2D eigenvalue weighted by Crippen LogP contribution is 2.26. The quantitative estimate of drug-likeness (QED) is 0.550. The summed E-state index contributed by atoms with van der Waals surface area (Å²) in [4.78, 5) is 25.4. The summed E-state index contributed by atoms with van der Waals surface area (Å²) in [5.41, 5.74) is 0. The Bertz CT molecular complexity index is 457. The fourth-order valence-electron chi connectivity index (χ4n) is 1.82. The van der Waals surface area contributed by atoms with Crippen LogP contribution in [0.2, 0.25) is 0 Å². The Labute approximate surface area is 126 Å². The van der Waals surface area contributed by atoms with Crippen molar-refractivity contribution >= 4 is 11.8 Å². The van der Waals surface area contributed by atoms with Gasteiger partial charge in [-0.25, -0.2) is 0 Å². The van der Waals surface area contributed by atoms with Gasteiger partial charge in [-0.05, 0) is 26.7 Å². The molecule has 0 aromatic carbocycles. The van der Waals surface area contributed by atoms with Crippen LogP contribution < -0.4 is 5.32 Å². The Morgan fingerprint density at radius 3 is 2.24 bits per heavy atom. The van der Waals surface area contributed by atoms with Crippen molar-refractivity contribution in [1.29, 1.82) is 0 Å². The van der Waals surface area contributed by atoms with E-state index in [1.54, 1.807) is 24.3 Å². The molecule has 0 spiro atoms. The number of carbonyl (C=O) groups is 2. The normalized spacial score (nSPS) is 15.5. The standard InChI is InChI=1S/C17H24N2O2/c1-3-5-7-9-16(20)18-13-14-19(15-11-12-15)17(21)10-8-6-4-2/h3-10,15H,11-14H2,1-2H3,(H,18,20)/b5-3+,6-4+,9-7+,10-8+. The van der Waals surface area contributed by atoms with Gasteiger partial charge in [-0.1, -0.05) is 36.5 Å². The van der Waals surface area contributed by atoms with Crippen LogP contribution in [0.15, 0.2) is 48.6 Å². The number of carbonyl (C=O) groups excluding carboxylic acids is 2. The summed E-state index contributed by atoms with van der Waals surface area (Å²) in [6, 6.07) is 0.336. The fraction of sp³-hybridized carbons (Fsp3) is 0.412. The van der Waals surface area contributed by atoms with Crippen molar-refractivity contribution in [2.24, 2.45) is 0 Å². The van der Waals surface area contributed by atoms with E-state index < -0.39 is 0 Å². The van der Waals surface area contributed by atoms with Crippen LogP contribution in [-0.2, 0) is 9.59 Å². The van der Waals surface area contributed by atoms with Gasteiger partial charge in [-0.15, -0.1) is 0 Å². The lowest BCUT2D eigenvalue weighted by atomic mass is 10.3. The summed E-state index contributed by atoms with van der Waals surface area (Å²) >= 11 is 0. The maximum Gasteiger partial charge on any atom is 0.246 e. The van der Waals surface area contributed by atoms with Crippen LogP contribution in [0.5, 0.6) is 0 Å². The minimum atomic E-state index is -0.138. The summed E-state index contributed by atoms with van der Waals surface area (Å²) in [7, 11) is 0. The highest BCUT2D eigenvalue weighted by Gasteiger charge is 2.31. The molecule has 2 amide bonds. The lowest BCUT2D eigenvalue weighted by Gasteiger charge is -2.20. The first-order valence-corrected chi connectivity index (χ1v) is 7.36. The zero-order valence-corrected chi connectivity index (χ0v) is 12.8. The van der Waals surface area contributed by atoms with E-state index in [-0.39, 0.29) is 11.8 Å². The van der Waals surface area contributed by atoms with Gasteiger partial charge in [0.1, 0.15) is 0 Å². The van der Waals surface area contributed by atoms with E-state index in [0.717, 1.165) is 12.8 Å². The molecule has 0 heterocycles. The largest absolute Gasteiger partial charge is 0.351 e. The van der Waals surface area contributed by atoms with Gasteiger partial charge in [0.2, 0.25) is 11.8 Å². The molecule has 1 saturated carbocycles. The molecule has 1 rings (SSSR count). The lowest BCUT2D eigenvalue weighted by Crippen LogP contribution is -2.38. The van der Waals surface area contributed by atoms with E-state index in [0.29, 0.717) is 19.1 Å². The van der Waals surface area contributed by atoms with Gasteiger partial charge in [0.05, 0.1) is 0 Å². The van der Waals surface area contributed by atoms with Crippen LogP contribution in [0.3, 0.4) is 0 Å². The summed E-state index contributed by atoms with van der Waals surface area (Å²) in [5, 5.41) is 2.79. The minimum absolute atomic E-state index is 0.00862. The minimum Gasteiger partial charge on any atom is -0.351 e. The van der Waals surface area contributed by atoms with Crippen LogP contribution >= 0.6 is 0 Å². The van der Waals surface area contributed by atoms with E-state index in [2.05, 4.69) is 5.32 Å². The molecule has 0 atom stereocenters. The third-order valence-corrected chi connectivity index (χ3v) is 3.02. The van der Waals surface area contributed by atoms with Crippen LogP contribution in [0, 0.1) is 0 Å². The number of allylic oxidation sites excluding steroid dienone is 6. The lowest BCUT2D eigenvalue weighted by molar-refractivity contribution is -0.127. The first-order valence-electron chi connectivity index (χ1n) is 7.36.